The quantitative estimate of drug-likeness (QED) is 0.679. The molecule has 3 aromatic rings. The summed E-state index contributed by atoms with van der Waals surface area (Å²) in [6.07, 6.45) is 2.02. The van der Waals surface area contributed by atoms with Crippen molar-refractivity contribution < 1.29 is 4.79 Å². The molecule has 6 nitrogen and oxygen atoms in total. The fourth-order valence-electron chi connectivity index (χ4n) is 3.07. The van der Waals surface area contributed by atoms with Crippen molar-refractivity contribution in [3.8, 4) is 16.0 Å². The van der Waals surface area contributed by atoms with Gasteiger partial charge in [-0.3, -0.25) is 4.79 Å². The molecular weight excluding hydrogens is 378 g/mol. The summed E-state index contributed by atoms with van der Waals surface area (Å²) in [6, 6.07) is 9.77. The van der Waals surface area contributed by atoms with Crippen molar-refractivity contribution in [1.82, 2.24) is 14.9 Å². The van der Waals surface area contributed by atoms with Crippen LogP contribution in [0.3, 0.4) is 0 Å². The van der Waals surface area contributed by atoms with Gasteiger partial charge in [0.15, 0.2) is 0 Å². The molecule has 0 aliphatic carbocycles. The number of nitrogens with zero attached hydrogens (tertiary/aromatic N) is 5. The van der Waals surface area contributed by atoms with Gasteiger partial charge in [-0.05, 0) is 23.6 Å². The number of piperazine rings is 1. The lowest BCUT2D eigenvalue weighted by molar-refractivity contribution is -0.130. The zero-order valence-electron chi connectivity index (χ0n) is 14.5. The summed E-state index contributed by atoms with van der Waals surface area (Å²) < 4.78 is 0. The molecule has 4 heterocycles. The third-order valence-electron chi connectivity index (χ3n) is 4.46. The second kappa shape index (κ2) is 7.86. The second-order valence-corrected chi connectivity index (χ2v) is 7.96. The van der Waals surface area contributed by atoms with Crippen LogP contribution in [0.2, 0.25) is 0 Å². The van der Waals surface area contributed by atoms with Gasteiger partial charge in [-0.25, -0.2) is 9.97 Å². The largest absolute Gasteiger partial charge is 0.352 e. The fourth-order valence-corrected chi connectivity index (χ4v) is 4.71. The Morgan fingerprint density at radius 2 is 2.04 bits per heavy atom. The zero-order valence-corrected chi connectivity index (χ0v) is 16.2. The Labute approximate surface area is 165 Å². The molecule has 1 aliphatic rings. The van der Waals surface area contributed by atoms with Gasteiger partial charge >= 0.3 is 0 Å². The van der Waals surface area contributed by atoms with Gasteiger partial charge in [-0.1, -0.05) is 6.07 Å². The van der Waals surface area contributed by atoms with Gasteiger partial charge in [0.25, 0.3) is 0 Å². The summed E-state index contributed by atoms with van der Waals surface area (Å²) >= 11 is 3.23. The van der Waals surface area contributed by atoms with E-state index in [1.165, 1.54) is 0 Å². The smallest absolute Gasteiger partial charge is 0.228 e. The van der Waals surface area contributed by atoms with Gasteiger partial charge in [0.05, 0.1) is 22.6 Å². The molecule has 3 aromatic heterocycles. The highest BCUT2D eigenvalue weighted by Gasteiger charge is 2.24. The van der Waals surface area contributed by atoms with Crippen LogP contribution in [0.15, 0.2) is 41.2 Å². The van der Waals surface area contributed by atoms with Crippen LogP contribution in [-0.2, 0) is 11.2 Å². The van der Waals surface area contributed by atoms with Crippen molar-refractivity contribution in [3.05, 3.63) is 52.5 Å². The number of nitriles is 1. The number of anilines is 1. The van der Waals surface area contributed by atoms with Crippen molar-refractivity contribution in [2.45, 2.75) is 6.42 Å². The van der Waals surface area contributed by atoms with E-state index in [2.05, 4.69) is 20.9 Å². The first-order valence-electron chi connectivity index (χ1n) is 8.60. The standard InChI is InChI=1S/C19H17N5OS2/c20-12-14-3-1-5-21-18(14)24-8-6-23(7-9-24)17(25)11-15-13-27-19(22-15)16-4-2-10-26-16/h1-5,10,13H,6-9,11H2. The topological polar surface area (TPSA) is 73.1 Å². The Balaban J connectivity index is 1.36. The Morgan fingerprint density at radius 3 is 2.78 bits per heavy atom. The Kier molecular flexibility index (Phi) is 5.14. The summed E-state index contributed by atoms with van der Waals surface area (Å²) in [7, 11) is 0. The molecule has 0 unspecified atom stereocenters. The predicted octanol–water partition coefficient (Wildman–Crippen LogP) is 3.03. The molecule has 1 aliphatic heterocycles. The van der Waals surface area contributed by atoms with Gasteiger partial charge in [0.2, 0.25) is 5.91 Å². The molecule has 27 heavy (non-hydrogen) atoms. The van der Waals surface area contributed by atoms with Gasteiger partial charge in [0, 0.05) is 37.8 Å². The first-order valence-corrected chi connectivity index (χ1v) is 10.4. The maximum absolute atomic E-state index is 12.6. The van der Waals surface area contributed by atoms with Crippen LogP contribution in [0.4, 0.5) is 5.82 Å². The molecule has 0 N–H and O–H groups in total. The first kappa shape index (κ1) is 17.6. The summed E-state index contributed by atoms with van der Waals surface area (Å²) in [6.45, 7) is 2.61. The number of thiophene rings is 1. The van der Waals surface area contributed by atoms with Crippen LogP contribution in [0, 0.1) is 11.3 Å². The van der Waals surface area contributed by atoms with Crippen LogP contribution in [0.25, 0.3) is 9.88 Å². The number of hydrogen-bond acceptors (Lipinski definition) is 7. The number of aromatic nitrogens is 2. The average Bonchev–Trinajstić information content (AvgIpc) is 3.40. The maximum atomic E-state index is 12.6. The minimum atomic E-state index is 0.0965. The number of carbonyl (C=O) groups excluding carboxylic acids is 1. The molecular formula is C19H17N5OS2. The summed E-state index contributed by atoms with van der Waals surface area (Å²) in [5.74, 6) is 0.798. The monoisotopic (exact) mass is 395 g/mol. The van der Waals surface area contributed by atoms with Gasteiger partial charge in [-0.15, -0.1) is 22.7 Å². The molecule has 1 amide bonds. The van der Waals surface area contributed by atoms with Crippen LogP contribution >= 0.6 is 22.7 Å². The van der Waals surface area contributed by atoms with E-state index in [9.17, 15) is 10.1 Å². The fraction of sp³-hybridized carbons (Fsp3) is 0.263. The SMILES string of the molecule is N#Cc1cccnc1N1CCN(C(=O)Cc2csc(-c3cccs3)n2)CC1. The van der Waals surface area contributed by atoms with Gasteiger partial charge < -0.3 is 9.80 Å². The van der Waals surface area contributed by atoms with E-state index in [0.717, 1.165) is 15.6 Å². The molecule has 8 heteroatoms. The normalized spacial score (nSPS) is 14.2. The molecule has 1 saturated heterocycles. The van der Waals surface area contributed by atoms with Gasteiger partial charge in [-0.2, -0.15) is 5.26 Å². The summed E-state index contributed by atoms with van der Waals surface area (Å²) in [5, 5.41) is 14.2. The number of thiazole rings is 1. The highest BCUT2D eigenvalue weighted by molar-refractivity contribution is 7.20. The minimum absolute atomic E-state index is 0.0965. The molecule has 0 spiro atoms. The zero-order chi connectivity index (χ0) is 18.6. The number of amides is 1. The van der Waals surface area contributed by atoms with Crippen molar-refractivity contribution in [2.24, 2.45) is 0 Å². The van der Waals surface area contributed by atoms with Crippen LogP contribution in [0.5, 0.6) is 0 Å². The van der Waals surface area contributed by atoms with E-state index in [4.69, 9.17) is 0 Å². The lowest BCUT2D eigenvalue weighted by Crippen LogP contribution is -2.49. The molecule has 0 saturated carbocycles. The van der Waals surface area contributed by atoms with Crippen molar-refractivity contribution in [3.63, 3.8) is 0 Å². The average molecular weight is 396 g/mol. The highest BCUT2D eigenvalue weighted by Crippen LogP contribution is 2.28. The second-order valence-electron chi connectivity index (χ2n) is 6.15. The Hall–Kier alpha value is -2.76. The van der Waals surface area contributed by atoms with Crippen molar-refractivity contribution in [2.75, 3.05) is 31.1 Å². The Bertz CT molecular complexity index is 968. The summed E-state index contributed by atoms with van der Waals surface area (Å²) in [4.78, 5) is 26.6. The molecule has 136 valence electrons. The summed E-state index contributed by atoms with van der Waals surface area (Å²) in [5.41, 5.74) is 1.40. The van der Waals surface area contributed by atoms with Crippen molar-refractivity contribution in [1.29, 1.82) is 5.26 Å². The lowest BCUT2D eigenvalue weighted by atomic mass is 10.2. The third kappa shape index (κ3) is 3.84. The first-order chi connectivity index (χ1) is 13.2. The number of hydrogen-bond donors (Lipinski definition) is 0. The van der Waals surface area contributed by atoms with Crippen LogP contribution < -0.4 is 4.90 Å². The van der Waals surface area contributed by atoms with E-state index in [0.29, 0.717) is 44.0 Å². The molecule has 1 fully saturated rings. The third-order valence-corrected chi connectivity index (χ3v) is 6.39. The highest BCUT2D eigenvalue weighted by atomic mass is 32.1. The maximum Gasteiger partial charge on any atom is 0.228 e. The number of rotatable bonds is 4. The molecule has 0 radical (unpaired) electrons. The molecule has 4 rings (SSSR count). The molecule has 0 aromatic carbocycles. The van der Waals surface area contributed by atoms with Crippen molar-refractivity contribution >= 4 is 34.4 Å². The van der Waals surface area contributed by atoms with E-state index in [-0.39, 0.29) is 5.91 Å². The van der Waals surface area contributed by atoms with E-state index in [1.54, 1.807) is 41.0 Å². The minimum Gasteiger partial charge on any atom is -0.352 e. The number of carbonyl (C=O) groups is 1. The Morgan fingerprint density at radius 1 is 1.19 bits per heavy atom. The molecule has 0 atom stereocenters. The van der Waals surface area contributed by atoms with E-state index >= 15 is 0 Å². The van der Waals surface area contributed by atoms with E-state index < -0.39 is 0 Å². The predicted molar refractivity (Wildman–Crippen MR) is 107 cm³/mol. The number of pyridine rings is 1. The van der Waals surface area contributed by atoms with E-state index in [1.807, 2.05) is 27.8 Å². The van der Waals surface area contributed by atoms with Crippen LogP contribution in [0.1, 0.15) is 11.3 Å². The van der Waals surface area contributed by atoms with Crippen LogP contribution in [-0.4, -0.2) is 47.0 Å². The molecule has 0 bridgehead atoms. The lowest BCUT2D eigenvalue weighted by Gasteiger charge is -2.35. The van der Waals surface area contributed by atoms with Gasteiger partial charge in [0.1, 0.15) is 16.9 Å².